The van der Waals surface area contributed by atoms with Gasteiger partial charge in [0.15, 0.2) is 5.82 Å². The minimum Gasteiger partial charge on any atom is -0.478 e. The maximum absolute atomic E-state index is 10.5. The smallest absolute Gasteiger partial charge is 0.258 e. The molecule has 1 aliphatic heterocycles. The zero-order chi connectivity index (χ0) is 15.4. The van der Waals surface area contributed by atoms with Crippen molar-refractivity contribution in [1.82, 2.24) is 15.1 Å². The van der Waals surface area contributed by atoms with E-state index in [1.807, 2.05) is 19.1 Å². The Kier molecular flexibility index (Phi) is 4.35. The van der Waals surface area contributed by atoms with Gasteiger partial charge in [0.05, 0.1) is 18.7 Å². The third kappa shape index (κ3) is 3.26. The molecule has 0 atom stereocenters. The average molecular weight is 305 g/mol. The first-order valence-electron chi connectivity index (χ1n) is 7.41. The Morgan fingerprint density at radius 1 is 1.27 bits per heavy atom. The van der Waals surface area contributed by atoms with Gasteiger partial charge >= 0.3 is 0 Å². The van der Waals surface area contributed by atoms with E-state index in [1.165, 1.54) is 0 Å². The van der Waals surface area contributed by atoms with Crippen molar-refractivity contribution < 1.29 is 19.1 Å². The standard InChI is InChI=1S/C15H19N3O4/c1-2-21-13-5-3-4-11(16-13)10-12-17-14(22-18-12)15(19)6-8-20-9-7-15/h3-5,19H,2,6-10H2,1H3. The van der Waals surface area contributed by atoms with Crippen LogP contribution in [0.1, 0.15) is 37.2 Å². The van der Waals surface area contributed by atoms with Crippen molar-refractivity contribution in [2.75, 3.05) is 19.8 Å². The lowest BCUT2D eigenvalue weighted by Gasteiger charge is -2.27. The van der Waals surface area contributed by atoms with E-state index < -0.39 is 5.60 Å². The first-order valence-corrected chi connectivity index (χ1v) is 7.41. The highest BCUT2D eigenvalue weighted by Crippen LogP contribution is 2.30. The van der Waals surface area contributed by atoms with Gasteiger partial charge in [-0.2, -0.15) is 4.98 Å². The Morgan fingerprint density at radius 2 is 2.09 bits per heavy atom. The molecule has 0 unspecified atom stereocenters. The lowest BCUT2D eigenvalue weighted by Crippen LogP contribution is -2.33. The number of ether oxygens (including phenoxy) is 2. The normalized spacial score (nSPS) is 17.4. The highest BCUT2D eigenvalue weighted by molar-refractivity contribution is 5.18. The molecule has 2 aromatic heterocycles. The van der Waals surface area contributed by atoms with Crippen LogP contribution in [-0.4, -0.2) is 40.1 Å². The summed E-state index contributed by atoms with van der Waals surface area (Å²) in [5.41, 5.74) is -0.290. The number of nitrogens with zero attached hydrogens (tertiary/aromatic N) is 3. The van der Waals surface area contributed by atoms with Crippen molar-refractivity contribution in [3.63, 3.8) is 0 Å². The summed E-state index contributed by atoms with van der Waals surface area (Å²) in [6, 6.07) is 5.56. The maximum Gasteiger partial charge on any atom is 0.258 e. The maximum atomic E-state index is 10.5. The molecule has 0 aliphatic carbocycles. The lowest BCUT2D eigenvalue weighted by molar-refractivity contribution is -0.0856. The molecule has 0 aromatic carbocycles. The van der Waals surface area contributed by atoms with Gasteiger partial charge in [-0.15, -0.1) is 0 Å². The Hall–Kier alpha value is -1.99. The summed E-state index contributed by atoms with van der Waals surface area (Å²) in [6.07, 6.45) is 1.36. The summed E-state index contributed by atoms with van der Waals surface area (Å²) in [5, 5.41) is 14.5. The fourth-order valence-corrected chi connectivity index (χ4v) is 2.38. The van der Waals surface area contributed by atoms with Gasteiger partial charge in [-0.05, 0) is 13.0 Å². The molecule has 118 valence electrons. The molecule has 3 rings (SSSR count). The molecule has 1 fully saturated rings. The van der Waals surface area contributed by atoms with Crippen molar-refractivity contribution in [2.24, 2.45) is 0 Å². The van der Waals surface area contributed by atoms with E-state index >= 15 is 0 Å². The molecule has 2 aromatic rings. The van der Waals surface area contributed by atoms with E-state index in [-0.39, 0.29) is 5.89 Å². The van der Waals surface area contributed by atoms with Crippen LogP contribution in [0, 0.1) is 0 Å². The summed E-state index contributed by atoms with van der Waals surface area (Å²) in [4.78, 5) is 8.68. The SMILES string of the molecule is CCOc1cccc(Cc2noc(C3(O)CCOCC3)n2)n1. The molecule has 0 amide bonds. The molecule has 0 spiro atoms. The van der Waals surface area contributed by atoms with Crippen LogP contribution in [0.4, 0.5) is 0 Å². The summed E-state index contributed by atoms with van der Waals surface area (Å²) >= 11 is 0. The van der Waals surface area contributed by atoms with Crippen molar-refractivity contribution in [2.45, 2.75) is 31.8 Å². The van der Waals surface area contributed by atoms with E-state index in [2.05, 4.69) is 15.1 Å². The van der Waals surface area contributed by atoms with E-state index in [4.69, 9.17) is 14.0 Å². The van der Waals surface area contributed by atoms with Crippen LogP contribution < -0.4 is 4.74 Å². The summed E-state index contributed by atoms with van der Waals surface area (Å²) in [5.74, 6) is 1.33. The van der Waals surface area contributed by atoms with E-state index in [0.29, 0.717) is 50.8 Å². The molecule has 0 saturated carbocycles. The first kappa shape index (κ1) is 14.9. The quantitative estimate of drug-likeness (QED) is 0.894. The number of hydrogen-bond donors (Lipinski definition) is 1. The largest absolute Gasteiger partial charge is 0.478 e. The molecule has 1 N–H and O–H groups in total. The van der Waals surface area contributed by atoms with Gasteiger partial charge in [-0.1, -0.05) is 11.2 Å². The molecule has 3 heterocycles. The van der Waals surface area contributed by atoms with Crippen LogP contribution in [0.15, 0.2) is 22.7 Å². The van der Waals surface area contributed by atoms with E-state index in [0.717, 1.165) is 5.69 Å². The summed E-state index contributed by atoms with van der Waals surface area (Å²) in [6.45, 7) is 3.46. The van der Waals surface area contributed by atoms with Gasteiger partial charge < -0.3 is 19.1 Å². The monoisotopic (exact) mass is 305 g/mol. The van der Waals surface area contributed by atoms with Crippen molar-refractivity contribution in [3.05, 3.63) is 35.6 Å². The van der Waals surface area contributed by atoms with Crippen molar-refractivity contribution in [1.29, 1.82) is 0 Å². The molecular formula is C15H19N3O4. The highest BCUT2D eigenvalue weighted by Gasteiger charge is 2.37. The Balaban J connectivity index is 1.72. The minimum absolute atomic E-state index is 0.256. The number of hydrogen-bond acceptors (Lipinski definition) is 7. The van der Waals surface area contributed by atoms with Crippen molar-refractivity contribution >= 4 is 0 Å². The lowest BCUT2D eigenvalue weighted by atomic mass is 9.94. The molecule has 0 bridgehead atoms. The molecule has 1 saturated heterocycles. The fourth-order valence-electron chi connectivity index (χ4n) is 2.38. The molecule has 22 heavy (non-hydrogen) atoms. The second-order valence-corrected chi connectivity index (χ2v) is 5.24. The topological polar surface area (TPSA) is 90.5 Å². The number of aliphatic hydroxyl groups is 1. The van der Waals surface area contributed by atoms with Gasteiger partial charge in [0.25, 0.3) is 5.89 Å². The van der Waals surface area contributed by atoms with Crippen LogP contribution in [-0.2, 0) is 16.8 Å². The highest BCUT2D eigenvalue weighted by atomic mass is 16.5. The molecule has 1 aliphatic rings. The van der Waals surface area contributed by atoms with Gasteiger partial charge in [-0.25, -0.2) is 4.98 Å². The van der Waals surface area contributed by atoms with Gasteiger partial charge in [0, 0.05) is 32.1 Å². The Bertz CT molecular complexity index is 623. The van der Waals surface area contributed by atoms with E-state index in [9.17, 15) is 5.11 Å². The summed E-state index contributed by atoms with van der Waals surface area (Å²) < 4.78 is 15.9. The van der Waals surface area contributed by atoms with Gasteiger partial charge in [-0.3, -0.25) is 0 Å². The van der Waals surface area contributed by atoms with Crippen LogP contribution in [0.2, 0.25) is 0 Å². The molecule has 7 nitrogen and oxygen atoms in total. The summed E-state index contributed by atoms with van der Waals surface area (Å²) in [7, 11) is 0. The predicted molar refractivity (Wildman–Crippen MR) is 76.5 cm³/mol. The van der Waals surface area contributed by atoms with Crippen LogP contribution in [0.25, 0.3) is 0 Å². The number of rotatable bonds is 5. The zero-order valence-electron chi connectivity index (χ0n) is 12.5. The van der Waals surface area contributed by atoms with Crippen LogP contribution >= 0.6 is 0 Å². The Morgan fingerprint density at radius 3 is 2.86 bits per heavy atom. The fraction of sp³-hybridized carbons (Fsp3) is 0.533. The first-order chi connectivity index (χ1) is 10.7. The minimum atomic E-state index is -1.08. The van der Waals surface area contributed by atoms with Gasteiger partial charge in [0.2, 0.25) is 5.88 Å². The van der Waals surface area contributed by atoms with E-state index in [1.54, 1.807) is 6.07 Å². The number of pyridine rings is 1. The average Bonchev–Trinajstić information content (AvgIpc) is 2.98. The third-order valence-corrected chi connectivity index (χ3v) is 3.60. The van der Waals surface area contributed by atoms with Crippen molar-refractivity contribution in [3.8, 4) is 5.88 Å². The predicted octanol–water partition coefficient (Wildman–Crippen LogP) is 1.45. The van der Waals surface area contributed by atoms with Crippen LogP contribution in [0.5, 0.6) is 5.88 Å². The number of aromatic nitrogens is 3. The Labute approximate surface area is 128 Å². The second kappa shape index (κ2) is 6.41. The van der Waals surface area contributed by atoms with Gasteiger partial charge in [0.1, 0.15) is 5.60 Å². The molecule has 0 radical (unpaired) electrons. The third-order valence-electron chi connectivity index (χ3n) is 3.60. The molecule has 7 heteroatoms. The zero-order valence-corrected chi connectivity index (χ0v) is 12.5. The van der Waals surface area contributed by atoms with Crippen LogP contribution in [0.3, 0.4) is 0 Å². The second-order valence-electron chi connectivity index (χ2n) is 5.24. The molecular weight excluding hydrogens is 286 g/mol.